The van der Waals surface area contributed by atoms with Gasteiger partial charge in [0.05, 0.1) is 30.3 Å². The summed E-state index contributed by atoms with van der Waals surface area (Å²) in [5, 5.41) is 21.5. The number of nitrogens with zero attached hydrogens (tertiary/aromatic N) is 2. The fraction of sp³-hybridized carbons (Fsp3) is 0.429. The third-order valence-corrected chi connectivity index (χ3v) is 7.35. The van der Waals surface area contributed by atoms with Crippen LogP contribution in [0.5, 0.6) is 5.75 Å². The summed E-state index contributed by atoms with van der Waals surface area (Å²) in [5.74, 6) is -0.897. The number of likely N-dealkylation sites (tertiary alicyclic amines) is 1. The van der Waals surface area contributed by atoms with Crippen LogP contribution in [0.15, 0.2) is 54.7 Å². The summed E-state index contributed by atoms with van der Waals surface area (Å²) in [6.07, 6.45) is 3.50. The highest BCUT2D eigenvalue weighted by atomic mass is 19.1. The molecule has 1 aliphatic rings. The number of ether oxygens (including phenoxy) is 1. The van der Waals surface area contributed by atoms with Gasteiger partial charge < -0.3 is 19.8 Å². The Kier molecular flexibility index (Phi) is 7.98. The number of carbonyl (C=O) groups is 1. The van der Waals surface area contributed by atoms with Crippen molar-refractivity contribution in [2.24, 2.45) is 5.41 Å². The number of aliphatic hydroxyl groups excluding tert-OH is 1. The van der Waals surface area contributed by atoms with Crippen molar-refractivity contribution in [3.63, 3.8) is 0 Å². The Labute approximate surface area is 205 Å². The Bertz CT molecular complexity index is 1150. The van der Waals surface area contributed by atoms with E-state index in [1.54, 1.807) is 18.2 Å². The maximum Gasteiger partial charge on any atom is 0.309 e. The molecule has 1 atom stereocenters. The minimum Gasteiger partial charge on any atom is -0.497 e. The summed E-state index contributed by atoms with van der Waals surface area (Å²) < 4.78 is 20.0. The molecule has 0 amide bonds. The number of hydrogen-bond acceptors (Lipinski definition) is 5. The van der Waals surface area contributed by atoms with Gasteiger partial charge >= 0.3 is 5.97 Å². The second-order valence-electron chi connectivity index (χ2n) is 9.47. The second kappa shape index (κ2) is 11.1. The SMILES string of the molecule is COc1ccc2ncc(F)c([C@H](O)CCC3(C(=O)O)CCN(CCCc4ccccc4)CC3)c2c1. The van der Waals surface area contributed by atoms with E-state index < -0.39 is 23.3 Å². The Balaban J connectivity index is 1.38. The quantitative estimate of drug-likeness (QED) is 0.425. The molecule has 2 N–H and O–H groups in total. The van der Waals surface area contributed by atoms with Crippen LogP contribution in [0.2, 0.25) is 0 Å². The van der Waals surface area contributed by atoms with Gasteiger partial charge in [0.1, 0.15) is 11.6 Å². The normalized spacial score (nSPS) is 16.8. The summed E-state index contributed by atoms with van der Waals surface area (Å²) in [7, 11) is 1.52. The van der Waals surface area contributed by atoms with Crippen molar-refractivity contribution < 1.29 is 24.1 Å². The highest BCUT2D eigenvalue weighted by Crippen LogP contribution is 2.40. The lowest BCUT2D eigenvalue weighted by Crippen LogP contribution is -2.44. The molecule has 4 rings (SSSR count). The van der Waals surface area contributed by atoms with Crippen molar-refractivity contribution in [3.05, 3.63) is 71.7 Å². The van der Waals surface area contributed by atoms with E-state index in [4.69, 9.17) is 4.74 Å². The Morgan fingerprint density at radius 1 is 1.20 bits per heavy atom. The van der Waals surface area contributed by atoms with Crippen molar-refractivity contribution >= 4 is 16.9 Å². The van der Waals surface area contributed by atoms with E-state index in [2.05, 4.69) is 22.0 Å². The maximum absolute atomic E-state index is 14.7. The number of benzene rings is 2. The van der Waals surface area contributed by atoms with Crippen molar-refractivity contribution in [1.82, 2.24) is 9.88 Å². The number of halogens is 1. The van der Waals surface area contributed by atoms with E-state index in [0.29, 0.717) is 42.6 Å². The van der Waals surface area contributed by atoms with Crippen LogP contribution in [-0.2, 0) is 11.2 Å². The first-order chi connectivity index (χ1) is 16.9. The van der Waals surface area contributed by atoms with Crippen LogP contribution in [0.4, 0.5) is 4.39 Å². The van der Waals surface area contributed by atoms with E-state index in [1.165, 1.54) is 12.7 Å². The lowest BCUT2D eigenvalue weighted by atomic mass is 9.74. The van der Waals surface area contributed by atoms with Gasteiger partial charge in [0.2, 0.25) is 0 Å². The summed E-state index contributed by atoms with van der Waals surface area (Å²) >= 11 is 0. The molecule has 1 aliphatic heterocycles. The fourth-order valence-corrected chi connectivity index (χ4v) is 5.12. The molecule has 0 radical (unpaired) electrons. The summed E-state index contributed by atoms with van der Waals surface area (Å²) in [5.41, 5.74) is 1.10. The monoisotopic (exact) mass is 480 g/mol. The van der Waals surface area contributed by atoms with Crippen LogP contribution in [0, 0.1) is 11.2 Å². The predicted octanol–water partition coefficient (Wildman–Crippen LogP) is 5.00. The van der Waals surface area contributed by atoms with Crippen LogP contribution >= 0.6 is 0 Å². The molecule has 1 fully saturated rings. The van der Waals surface area contributed by atoms with Gasteiger partial charge in [-0.15, -0.1) is 0 Å². The predicted molar refractivity (Wildman–Crippen MR) is 133 cm³/mol. The molecule has 7 heteroatoms. The standard InChI is InChI=1S/C28H33FN2O4/c1-35-21-9-10-24-22(18-21)26(23(29)19-30-24)25(32)11-12-28(27(33)34)13-16-31(17-14-28)15-5-8-20-6-3-2-4-7-20/h2-4,6-7,9-10,18-19,25,32H,5,8,11-17H2,1H3,(H,33,34)/t25-/m1/s1. The summed E-state index contributed by atoms with van der Waals surface area (Å²) in [6, 6.07) is 15.5. The summed E-state index contributed by atoms with van der Waals surface area (Å²) in [4.78, 5) is 18.7. The molecule has 0 aliphatic carbocycles. The number of rotatable bonds is 10. The Hall–Kier alpha value is -3.03. The number of methoxy groups -OCH3 is 1. The average Bonchev–Trinajstić information content (AvgIpc) is 2.88. The van der Waals surface area contributed by atoms with E-state index in [0.717, 1.165) is 25.6 Å². The number of carboxylic acids is 1. The minimum absolute atomic E-state index is 0.146. The first-order valence-corrected chi connectivity index (χ1v) is 12.2. The zero-order chi connectivity index (χ0) is 24.8. The van der Waals surface area contributed by atoms with Crippen LogP contribution in [0.25, 0.3) is 10.9 Å². The molecule has 1 saturated heterocycles. The summed E-state index contributed by atoms with van der Waals surface area (Å²) in [6.45, 7) is 2.35. The molecule has 0 saturated carbocycles. The number of aromatic nitrogens is 1. The molecular weight excluding hydrogens is 447 g/mol. The molecular formula is C28H33FN2O4. The molecule has 186 valence electrons. The van der Waals surface area contributed by atoms with Gasteiger partial charge in [-0.05, 0) is 81.9 Å². The van der Waals surface area contributed by atoms with Gasteiger partial charge in [0.25, 0.3) is 0 Å². The molecule has 3 aromatic rings. The maximum atomic E-state index is 14.7. The number of fused-ring (bicyclic) bond motifs is 1. The van der Waals surface area contributed by atoms with Crippen molar-refractivity contribution in [3.8, 4) is 5.75 Å². The van der Waals surface area contributed by atoms with Gasteiger partial charge in [-0.2, -0.15) is 0 Å². The number of hydrogen-bond donors (Lipinski definition) is 2. The number of aryl methyl sites for hydroxylation is 1. The lowest BCUT2D eigenvalue weighted by Gasteiger charge is -2.39. The highest BCUT2D eigenvalue weighted by molar-refractivity contribution is 5.84. The fourth-order valence-electron chi connectivity index (χ4n) is 5.12. The largest absolute Gasteiger partial charge is 0.497 e. The molecule has 6 nitrogen and oxygen atoms in total. The zero-order valence-electron chi connectivity index (χ0n) is 20.1. The van der Waals surface area contributed by atoms with Crippen LogP contribution < -0.4 is 4.74 Å². The van der Waals surface area contributed by atoms with E-state index >= 15 is 0 Å². The first-order valence-electron chi connectivity index (χ1n) is 12.2. The van der Waals surface area contributed by atoms with Crippen molar-refractivity contribution in [2.75, 3.05) is 26.7 Å². The highest BCUT2D eigenvalue weighted by Gasteiger charge is 2.41. The van der Waals surface area contributed by atoms with E-state index in [1.807, 2.05) is 18.2 Å². The Morgan fingerprint density at radius 2 is 1.94 bits per heavy atom. The number of aliphatic hydroxyl groups is 1. The topological polar surface area (TPSA) is 82.9 Å². The molecule has 0 spiro atoms. The van der Waals surface area contributed by atoms with Crippen LogP contribution in [0.1, 0.15) is 49.3 Å². The zero-order valence-corrected chi connectivity index (χ0v) is 20.1. The molecule has 0 unspecified atom stereocenters. The van der Waals surface area contributed by atoms with Crippen LogP contribution in [0.3, 0.4) is 0 Å². The third kappa shape index (κ3) is 5.80. The first kappa shape index (κ1) is 25.1. The number of aliphatic carboxylic acids is 1. The molecule has 1 aromatic heterocycles. The Morgan fingerprint density at radius 3 is 2.63 bits per heavy atom. The van der Waals surface area contributed by atoms with Crippen LogP contribution in [-0.4, -0.2) is 52.8 Å². The smallest absolute Gasteiger partial charge is 0.309 e. The number of pyridine rings is 1. The lowest BCUT2D eigenvalue weighted by molar-refractivity contribution is -0.153. The minimum atomic E-state index is -1.13. The second-order valence-corrected chi connectivity index (χ2v) is 9.47. The van der Waals surface area contributed by atoms with Gasteiger partial charge in [0.15, 0.2) is 0 Å². The number of carboxylic acid groups (broad SMARTS) is 1. The van der Waals surface area contributed by atoms with Gasteiger partial charge in [-0.1, -0.05) is 30.3 Å². The van der Waals surface area contributed by atoms with Gasteiger partial charge in [-0.3, -0.25) is 9.78 Å². The molecule has 35 heavy (non-hydrogen) atoms. The third-order valence-electron chi connectivity index (χ3n) is 7.35. The molecule has 2 heterocycles. The van der Waals surface area contributed by atoms with Gasteiger partial charge in [0, 0.05) is 10.9 Å². The molecule has 0 bridgehead atoms. The van der Waals surface area contributed by atoms with Crippen molar-refractivity contribution in [2.45, 2.75) is 44.6 Å². The van der Waals surface area contributed by atoms with Gasteiger partial charge in [-0.25, -0.2) is 4.39 Å². The average molecular weight is 481 g/mol. The molecule has 2 aromatic carbocycles. The van der Waals surface area contributed by atoms with E-state index in [9.17, 15) is 19.4 Å². The number of piperidine rings is 1. The van der Waals surface area contributed by atoms with Crippen molar-refractivity contribution in [1.29, 1.82) is 0 Å². The van der Waals surface area contributed by atoms with E-state index in [-0.39, 0.29) is 18.4 Å².